The van der Waals surface area contributed by atoms with Crippen LogP contribution >= 0.6 is 27.7 Å². The Labute approximate surface area is 150 Å². The molecule has 0 aliphatic heterocycles. The minimum atomic E-state index is 0.00000850. The number of thioether (sulfide) groups is 1. The predicted molar refractivity (Wildman–Crippen MR) is 101 cm³/mol. The third-order valence-corrected chi connectivity index (χ3v) is 5.00. The maximum atomic E-state index is 12.3. The second kappa shape index (κ2) is 9.75. The molecule has 0 unspecified atom stereocenters. The highest BCUT2D eigenvalue weighted by Crippen LogP contribution is 2.26. The summed E-state index contributed by atoms with van der Waals surface area (Å²) >= 11 is 5.13. The minimum Gasteiger partial charge on any atom is -0.352 e. The third-order valence-electron chi connectivity index (χ3n) is 3.33. The Morgan fingerprint density at radius 3 is 2.57 bits per heavy atom. The van der Waals surface area contributed by atoms with E-state index < -0.39 is 0 Å². The summed E-state index contributed by atoms with van der Waals surface area (Å²) in [6, 6.07) is 16.0. The van der Waals surface area contributed by atoms with Crippen molar-refractivity contribution in [1.82, 2.24) is 10.6 Å². The van der Waals surface area contributed by atoms with E-state index >= 15 is 0 Å². The fourth-order valence-corrected chi connectivity index (χ4v) is 3.35. The van der Waals surface area contributed by atoms with Gasteiger partial charge in [-0.25, -0.2) is 0 Å². The maximum absolute atomic E-state index is 12.3. The van der Waals surface area contributed by atoms with Crippen LogP contribution in [0.15, 0.2) is 57.9 Å². The lowest BCUT2D eigenvalue weighted by molar-refractivity contribution is 0.0950. The molecule has 0 radical (unpaired) electrons. The molecule has 0 bridgehead atoms. The first-order chi connectivity index (χ1) is 11.2. The Balaban J connectivity index is 1.96. The van der Waals surface area contributed by atoms with Crippen molar-refractivity contribution in [2.24, 2.45) is 0 Å². The maximum Gasteiger partial charge on any atom is 0.252 e. The number of halogens is 1. The quantitative estimate of drug-likeness (QED) is 0.525. The molecule has 0 aliphatic rings. The summed E-state index contributed by atoms with van der Waals surface area (Å²) in [5.74, 6) is 0.845. The summed E-state index contributed by atoms with van der Waals surface area (Å²) in [6.07, 6.45) is 0.927. The molecule has 3 nitrogen and oxygen atoms in total. The van der Waals surface area contributed by atoms with E-state index in [1.54, 1.807) is 11.8 Å². The lowest BCUT2D eigenvalue weighted by Gasteiger charge is -2.10. The topological polar surface area (TPSA) is 41.1 Å². The number of amides is 1. The van der Waals surface area contributed by atoms with Gasteiger partial charge in [-0.15, -0.1) is 11.8 Å². The van der Waals surface area contributed by atoms with E-state index in [0.717, 1.165) is 33.7 Å². The van der Waals surface area contributed by atoms with Gasteiger partial charge in [0.1, 0.15) is 0 Å². The monoisotopic (exact) mass is 392 g/mol. The number of rotatable bonds is 8. The van der Waals surface area contributed by atoms with Crippen molar-refractivity contribution in [2.45, 2.75) is 17.1 Å². The molecule has 1 amide bonds. The van der Waals surface area contributed by atoms with Crippen LogP contribution in [0.3, 0.4) is 0 Å². The molecular formula is C18H21BrN2OS. The summed E-state index contributed by atoms with van der Waals surface area (Å²) in [5.41, 5.74) is 1.99. The highest BCUT2D eigenvalue weighted by molar-refractivity contribution is 9.10. The van der Waals surface area contributed by atoms with Crippen molar-refractivity contribution in [2.75, 3.05) is 20.1 Å². The molecule has 2 aromatic rings. The molecule has 0 atom stereocenters. The molecule has 2 N–H and O–H groups in total. The van der Waals surface area contributed by atoms with Gasteiger partial charge in [0.05, 0.1) is 5.56 Å². The molecule has 23 heavy (non-hydrogen) atoms. The van der Waals surface area contributed by atoms with Crippen molar-refractivity contribution in [3.8, 4) is 0 Å². The Bertz CT molecular complexity index is 631. The molecule has 0 spiro atoms. The number of carbonyl (C=O) groups excluding carboxylic acids is 1. The molecule has 122 valence electrons. The van der Waals surface area contributed by atoms with E-state index in [0.29, 0.717) is 6.54 Å². The lowest BCUT2D eigenvalue weighted by Crippen LogP contribution is -2.27. The summed E-state index contributed by atoms with van der Waals surface area (Å²) in [4.78, 5) is 13.3. The van der Waals surface area contributed by atoms with Gasteiger partial charge in [-0.2, -0.15) is 0 Å². The summed E-state index contributed by atoms with van der Waals surface area (Å²) < 4.78 is 1.08. The van der Waals surface area contributed by atoms with Gasteiger partial charge in [-0.3, -0.25) is 4.79 Å². The standard InChI is InChI=1S/C18H21BrN2OS/c1-20-11-4-12-21-18(22)16-5-2-3-6-17(16)23-13-14-7-9-15(19)10-8-14/h2-3,5-10,20H,4,11-13H2,1H3,(H,21,22). The molecule has 2 rings (SSSR count). The van der Waals surface area contributed by atoms with E-state index in [2.05, 4.69) is 38.7 Å². The molecule has 5 heteroatoms. The Kier molecular flexibility index (Phi) is 7.65. The molecular weight excluding hydrogens is 372 g/mol. The second-order valence-electron chi connectivity index (χ2n) is 5.12. The van der Waals surface area contributed by atoms with Gasteiger partial charge < -0.3 is 10.6 Å². The fourth-order valence-electron chi connectivity index (χ4n) is 2.08. The first-order valence-corrected chi connectivity index (χ1v) is 9.37. The molecule has 0 aliphatic carbocycles. The Morgan fingerprint density at radius 2 is 1.83 bits per heavy atom. The van der Waals surface area contributed by atoms with Gasteiger partial charge in [-0.1, -0.05) is 40.2 Å². The third kappa shape index (κ3) is 6.01. The summed E-state index contributed by atoms with van der Waals surface area (Å²) in [7, 11) is 1.91. The van der Waals surface area contributed by atoms with E-state index in [1.807, 2.05) is 43.4 Å². The molecule has 0 saturated carbocycles. The van der Waals surface area contributed by atoms with E-state index in [-0.39, 0.29) is 5.91 Å². The van der Waals surface area contributed by atoms with Gasteiger partial charge in [-0.05, 0) is 49.8 Å². The SMILES string of the molecule is CNCCCNC(=O)c1ccccc1SCc1ccc(Br)cc1. The number of nitrogens with one attached hydrogen (secondary N) is 2. The van der Waals surface area contributed by atoms with Crippen molar-refractivity contribution in [1.29, 1.82) is 0 Å². The van der Waals surface area contributed by atoms with Crippen molar-refractivity contribution >= 4 is 33.6 Å². The normalized spacial score (nSPS) is 10.5. The predicted octanol–water partition coefficient (Wildman–Crippen LogP) is 4.08. The van der Waals surface area contributed by atoms with Crippen molar-refractivity contribution in [3.05, 3.63) is 64.1 Å². The van der Waals surface area contributed by atoms with Gasteiger partial charge in [0.2, 0.25) is 0 Å². The van der Waals surface area contributed by atoms with Crippen LogP contribution in [-0.2, 0) is 5.75 Å². The molecule has 2 aromatic carbocycles. The van der Waals surface area contributed by atoms with Crippen molar-refractivity contribution < 1.29 is 4.79 Å². The second-order valence-corrected chi connectivity index (χ2v) is 7.06. The van der Waals surface area contributed by atoms with Crippen LogP contribution in [0.1, 0.15) is 22.3 Å². The van der Waals surface area contributed by atoms with Crippen LogP contribution in [0, 0.1) is 0 Å². The smallest absolute Gasteiger partial charge is 0.252 e. The Morgan fingerprint density at radius 1 is 1.09 bits per heavy atom. The zero-order chi connectivity index (χ0) is 16.5. The van der Waals surface area contributed by atoms with Crippen molar-refractivity contribution in [3.63, 3.8) is 0 Å². The first-order valence-electron chi connectivity index (χ1n) is 7.60. The average Bonchev–Trinajstić information content (AvgIpc) is 2.58. The molecule has 0 aromatic heterocycles. The first kappa shape index (κ1) is 18.0. The number of benzene rings is 2. The molecule has 0 fully saturated rings. The number of hydrogen-bond donors (Lipinski definition) is 2. The van der Waals surface area contributed by atoms with E-state index in [9.17, 15) is 4.79 Å². The van der Waals surface area contributed by atoms with Gasteiger partial charge >= 0.3 is 0 Å². The van der Waals surface area contributed by atoms with Crippen LogP contribution in [0.25, 0.3) is 0 Å². The average molecular weight is 393 g/mol. The van der Waals surface area contributed by atoms with Gasteiger partial charge in [0.15, 0.2) is 0 Å². The number of hydrogen-bond acceptors (Lipinski definition) is 3. The zero-order valence-electron chi connectivity index (χ0n) is 13.1. The fraction of sp³-hybridized carbons (Fsp3) is 0.278. The van der Waals surface area contributed by atoms with Crippen LogP contribution in [0.2, 0.25) is 0 Å². The highest BCUT2D eigenvalue weighted by atomic mass is 79.9. The van der Waals surface area contributed by atoms with E-state index in [1.165, 1.54) is 5.56 Å². The summed E-state index contributed by atoms with van der Waals surface area (Å²) in [6.45, 7) is 1.59. The van der Waals surface area contributed by atoms with Crippen LogP contribution in [-0.4, -0.2) is 26.0 Å². The van der Waals surface area contributed by atoms with Crippen LogP contribution < -0.4 is 10.6 Å². The van der Waals surface area contributed by atoms with E-state index in [4.69, 9.17) is 0 Å². The Hall–Kier alpha value is -1.30. The van der Waals surface area contributed by atoms with Gasteiger partial charge in [0.25, 0.3) is 5.91 Å². The zero-order valence-corrected chi connectivity index (χ0v) is 15.5. The number of carbonyl (C=O) groups is 1. The highest BCUT2D eigenvalue weighted by Gasteiger charge is 2.10. The van der Waals surface area contributed by atoms with Crippen LogP contribution in [0.4, 0.5) is 0 Å². The minimum absolute atomic E-state index is 0.00000850. The van der Waals surface area contributed by atoms with Crippen LogP contribution in [0.5, 0.6) is 0 Å². The molecule has 0 saturated heterocycles. The lowest BCUT2D eigenvalue weighted by atomic mass is 10.2. The van der Waals surface area contributed by atoms with Gasteiger partial charge in [0, 0.05) is 21.7 Å². The molecule has 0 heterocycles. The summed E-state index contributed by atoms with van der Waals surface area (Å²) in [5, 5.41) is 6.06. The largest absolute Gasteiger partial charge is 0.352 e.